The summed E-state index contributed by atoms with van der Waals surface area (Å²) >= 11 is 0. The first kappa shape index (κ1) is 11.3. The van der Waals surface area contributed by atoms with Crippen LogP contribution in [-0.4, -0.2) is 9.97 Å². The number of rotatable bonds is 1. The van der Waals surface area contributed by atoms with E-state index in [1.54, 1.807) is 6.26 Å². The van der Waals surface area contributed by atoms with Crippen molar-refractivity contribution in [2.24, 2.45) is 0 Å². The maximum atomic E-state index is 5.57. The Kier molecular flexibility index (Phi) is 2.24. The summed E-state index contributed by atoms with van der Waals surface area (Å²) in [5.41, 5.74) is 6.40. The number of hydrogen-bond acceptors (Lipinski definition) is 2. The van der Waals surface area contributed by atoms with Gasteiger partial charge in [-0.05, 0) is 37.1 Å². The molecule has 0 fully saturated rings. The molecule has 0 atom stereocenters. The molecule has 0 bridgehead atoms. The highest BCUT2D eigenvalue weighted by atomic mass is 16.3. The molecule has 20 heavy (non-hydrogen) atoms. The van der Waals surface area contributed by atoms with Crippen LogP contribution in [0.1, 0.15) is 11.1 Å². The topological polar surface area (TPSA) is 41.8 Å². The first-order chi connectivity index (χ1) is 9.74. The molecule has 0 aliphatic heterocycles. The van der Waals surface area contributed by atoms with Crippen LogP contribution in [0.3, 0.4) is 0 Å². The minimum atomic E-state index is 0.893. The van der Waals surface area contributed by atoms with Crippen molar-refractivity contribution >= 4 is 22.0 Å². The van der Waals surface area contributed by atoms with Crippen LogP contribution in [0.4, 0.5) is 0 Å². The van der Waals surface area contributed by atoms with Crippen molar-refractivity contribution in [3.63, 3.8) is 0 Å². The molecule has 0 saturated carbocycles. The van der Waals surface area contributed by atoms with Gasteiger partial charge >= 0.3 is 0 Å². The summed E-state index contributed by atoms with van der Waals surface area (Å²) in [6.07, 6.45) is 1.79. The zero-order valence-corrected chi connectivity index (χ0v) is 11.4. The average molecular weight is 262 g/mol. The molecule has 0 saturated heterocycles. The van der Waals surface area contributed by atoms with Crippen molar-refractivity contribution in [2.45, 2.75) is 13.8 Å². The van der Waals surface area contributed by atoms with E-state index in [4.69, 9.17) is 9.40 Å². The fourth-order valence-electron chi connectivity index (χ4n) is 2.75. The van der Waals surface area contributed by atoms with Gasteiger partial charge in [-0.1, -0.05) is 24.3 Å². The largest absolute Gasteiger partial charge is 0.464 e. The third-order valence-corrected chi connectivity index (χ3v) is 3.75. The second-order valence-electron chi connectivity index (χ2n) is 5.15. The summed E-state index contributed by atoms with van der Waals surface area (Å²) in [5.74, 6) is 0.893. The molecule has 4 aromatic rings. The SMILES string of the molecule is Cc1cccc2[nH]c(-c3cccc4occ(C)c34)nc12. The lowest BCUT2D eigenvalue weighted by atomic mass is 10.1. The predicted octanol–water partition coefficient (Wildman–Crippen LogP) is 4.59. The molecule has 0 spiro atoms. The van der Waals surface area contributed by atoms with E-state index >= 15 is 0 Å². The molecule has 2 heterocycles. The van der Waals surface area contributed by atoms with Crippen LogP contribution >= 0.6 is 0 Å². The van der Waals surface area contributed by atoms with Crippen molar-refractivity contribution < 1.29 is 4.42 Å². The maximum absolute atomic E-state index is 5.57. The minimum Gasteiger partial charge on any atom is -0.464 e. The molecular formula is C17H14N2O. The van der Waals surface area contributed by atoms with Gasteiger partial charge < -0.3 is 9.40 Å². The minimum absolute atomic E-state index is 0.893. The van der Waals surface area contributed by atoms with Gasteiger partial charge in [-0.25, -0.2) is 4.98 Å². The van der Waals surface area contributed by atoms with E-state index in [0.29, 0.717) is 0 Å². The van der Waals surface area contributed by atoms with E-state index in [1.807, 2.05) is 18.2 Å². The van der Waals surface area contributed by atoms with E-state index in [9.17, 15) is 0 Å². The molecule has 0 radical (unpaired) electrons. The van der Waals surface area contributed by atoms with Crippen molar-refractivity contribution in [1.29, 1.82) is 0 Å². The highest BCUT2D eigenvalue weighted by molar-refractivity contribution is 5.96. The zero-order chi connectivity index (χ0) is 13.7. The Morgan fingerprint density at radius 1 is 1.00 bits per heavy atom. The normalized spacial score (nSPS) is 11.5. The number of H-pyrrole nitrogens is 1. The number of aryl methyl sites for hydroxylation is 2. The number of hydrogen-bond donors (Lipinski definition) is 1. The van der Waals surface area contributed by atoms with Crippen LogP contribution < -0.4 is 0 Å². The lowest BCUT2D eigenvalue weighted by Gasteiger charge is -1.99. The Balaban J connectivity index is 2.06. The van der Waals surface area contributed by atoms with Gasteiger partial charge in [0.05, 0.1) is 17.3 Å². The maximum Gasteiger partial charge on any atom is 0.139 e. The van der Waals surface area contributed by atoms with Crippen LogP contribution in [0.15, 0.2) is 47.1 Å². The number of furan rings is 1. The Morgan fingerprint density at radius 2 is 1.85 bits per heavy atom. The molecule has 1 N–H and O–H groups in total. The first-order valence-electron chi connectivity index (χ1n) is 6.66. The summed E-state index contributed by atoms with van der Waals surface area (Å²) in [6, 6.07) is 12.2. The number of aromatic amines is 1. The molecule has 2 aromatic heterocycles. The molecule has 4 rings (SSSR count). The Hall–Kier alpha value is -2.55. The molecular weight excluding hydrogens is 248 g/mol. The van der Waals surface area contributed by atoms with Gasteiger partial charge in [-0.3, -0.25) is 0 Å². The number of benzene rings is 2. The van der Waals surface area contributed by atoms with Crippen molar-refractivity contribution in [1.82, 2.24) is 9.97 Å². The highest BCUT2D eigenvalue weighted by Gasteiger charge is 2.13. The summed E-state index contributed by atoms with van der Waals surface area (Å²) in [7, 11) is 0. The second-order valence-corrected chi connectivity index (χ2v) is 5.15. The first-order valence-corrected chi connectivity index (χ1v) is 6.66. The number of nitrogens with one attached hydrogen (secondary N) is 1. The van der Waals surface area contributed by atoms with Crippen LogP contribution in [0.5, 0.6) is 0 Å². The second kappa shape index (κ2) is 3.97. The van der Waals surface area contributed by atoms with Gasteiger partial charge in [-0.2, -0.15) is 0 Å². The van der Waals surface area contributed by atoms with Crippen LogP contribution in [0.25, 0.3) is 33.4 Å². The Morgan fingerprint density at radius 3 is 2.70 bits per heavy atom. The van der Waals surface area contributed by atoms with Gasteiger partial charge in [0.1, 0.15) is 11.4 Å². The van der Waals surface area contributed by atoms with Gasteiger partial charge in [0.15, 0.2) is 0 Å². The summed E-state index contributed by atoms with van der Waals surface area (Å²) in [4.78, 5) is 8.17. The summed E-state index contributed by atoms with van der Waals surface area (Å²) in [6.45, 7) is 4.14. The monoisotopic (exact) mass is 262 g/mol. The van der Waals surface area contributed by atoms with Crippen molar-refractivity contribution in [2.75, 3.05) is 0 Å². The molecule has 0 aliphatic rings. The third-order valence-electron chi connectivity index (χ3n) is 3.75. The predicted molar refractivity (Wildman–Crippen MR) is 80.8 cm³/mol. The number of imidazole rings is 1. The summed E-state index contributed by atoms with van der Waals surface area (Å²) < 4.78 is 5.57. The van der Waals surface area contributed by atoms with Crippen molar-refractivity contribution in [3.05, 3.63) is 53.8 Å². The number of fused-ring (bicyclic) bond motifs is 2. The molecule has 3 heteroatoms. The number of aromatic nitrogens is 2. The van der Waals surface area contributed by atoms with Crippen LogP contribution in [0.2, 0.25) is 0 Å². The van der Waals surface area contributed by atoms with Gasteiger partial charge in [0.2, 0.25) is 0 Å². The quantitative estimate of drug-likeness (QED) is 0.545. The number of para-hydroxylation sites is 1. The lowest BCUT2D eigenvalue weighted by molar-refractivity contribution is 0.613. The standard InChI is InChI=1S/C17H14N2O/c1-10-5-3-7-13-16(10)19-17(18-13)12-6-4-8-14-15(12)11(2)9-20-14/h3-9H,1-2H3,(H,18,19). The molecule has 2 aromatic carbocycles. The molecule has 98 valence electrons. The summed E-state index contributed by atoms with van der Waals surface area (Å²) in [5, 5.41) is 1.13. The Bertz CT molecular complexity index is 931. The molecule has 3 nitrogen and oxygen atoms in total. The third kappa shape index (κ3) is 1.50. The van der Waals surface area contributed by atoms with Crippen LogP contribution in [0, 0.1) is 13.8 Å². The zero-order valence-electron chi connectivity index (χ0n) is 11.4. The van der Waals surface area contributed by atoms with E-state index in [1.165, 1.54) is 5.56 Å². The Labute approximate surface area is 116 Å². The fraction of sp³-hybridized carbons (Fsp3) is 0.118. The van der Waals surface area contributed by atoms with E-state index < -0.39 is 0 Å². The highest BCUT2D eigenvalue weighted by Crippen LogP contribution is 2.32. The molecule has 0 amide bonds. The molecule has 0 aliphatic carbocycles. The van der Waals surface area contributed by atoms with E-state index in [0.717, 1.165) is 39.0 Å². The number of nitrogens with zero attached hydrogens (tertiary/aromatic N) is 1. The van der Waals surface area contributed by atoms with E-state index in [2.05, 4.69) is 37.0 Å². The average Bonchev–Trinajstić information content (AvgIpc) is 3.04. The van der Waals surface area contributed by atoms with Gasteiger partial charge in [0, 0.05) is 10.9 Å². The van der Waals surface area contributed by atoms with Crippen molar-refractivity contribution in [3.8, 4) is 11.4 Å². The van der Waals surface area contributed by atoms with Gasteiger partial charge in [0.25, 0.3) is 0 Å². The lowest BCUT2D eigenvalue weighted by Crippen LogP contribution is -1.82. The fourth-order valence-corrected chi connectivity index (χ4v) is 2.75. The van der Waals surface area contributed by atoms with E-state index in [-0.39, 0.29) is 0 Å². The van der Waals surface area contributed by atoms with Crippen LogP contribution in [-0.2, 0) is 0 Å². The van der Waals surface area contributed by atoms with Gasteiger partial charge in [-0.15, -0.1) is 0 Å². The molecule has 0 unspecified atom stereocenters. The smallest absolute Gasteiger partial charge is 0.139 e.